The van der Waals surface area contributed by atoms with Crippen LogP contribution in [0.3, 0.4) is 0 Å². The third-order valence-corrected chi connectivity index (χ3v) is 4.87. The van der Waals surface area contributed by atoms with Crippen molar-refractivity contribution >= 4 is 9.04 Å². The molecule has 82 valence electrons. The molecule has 1 aromatic carbocycles. The van der Waals surface area contributed by atoms with Crippen LogP contribution in [-0.2, 0) is 6.04 Å². The summed E-state index contributed by atoms with van der Waals surface area (Å²) >= 11 is 0. The van der Waals surface area contributed by atoms with E-state index in [2.05, 4.69) is 31.7 Å². The second kappa shape index (κ2) is 4.84. The van der Waals surface area contributed by atoms with E-state index in [0.29, 0.717) is 0 Å². The van der Waals surface area contributed by atoms with Crippen LogP contribution in [0.5, 0.6) is 5.75 Å². The molecule has 1 aliphatic heterocycles. The highest BCUT2D eigenvalue weighted by atomic mass is 28.3. The van der Waals surface area contributed by atoms with Gasteiger partial charge >= 0.3 is 0 Å². The molecule has 1 atom stereocenters. The van der Waals surface area contributed by atoms with Gasteiger partial charge in [0.05, 0.1) is 0 Å². The second-order valence-electron chi connectivity index (χ2n) is 4.78. The summed E-state index contributed by atoms with van der Waals surface area (Å²) in [6, 6.07) is 9.54. The summed E-state index contributed by atoms with van der Waals surface area (Å²) in [5.41, 5.74) is 1.40. The summed E-state index contributed by atoms with van der Waals surface area (Å²) in [6.45, 7) is 4.55. The second-order valence-corrected chi connectivity index (χ2v) is 7.04. The van der Waals surface area contributed by atoms with Gasteiger partial charge in [-0.3, -0.25) is 0 Å². The Hall–Kier alpha value is -0.763. The van der Waals surface area contributed by atoms with E-state index in [4.69, 9.17) is 4.43 Å². The fraction of sp³-hybridized carbons (Fsp3) is 0.538. The molecule has 0 N–H and O–H groups in total. The van der Waals surface area contributed by atoms with E-state index < -0.39 is 9.04 Å². The largest absolute Gasteiger partial charge is 0.546 e. The van der Waals surface area contributed by atoms with Gasteiger partial charge in [0.25, 0.3) is 0 Å². The Bertz CT molecular complexity index is 295. The maximum absolute atomic E-state index is 5.65. The van der Waals surface area contributed by atoms with Crippen molar-refractivity contribution in [3.8, 4) is 5.75 Å². The van der Waals surface area contributed by atoms with Crippen molar-refractivity contribution in [1.82, 2.24) is 0 Å². The fourth-order valence-corrected chi connectivity index (χ4v) is 3.67. The first-order valence-corrected chi connectivity index (χ1v) is 8.44. The lowest BCUT2D eigenvalue weighted by atomic mass is 9.88. The molecule has 0 spiro atoms. The molecule has 1 heterocycles. The molecule has 1 fully saturated rings. The van der Waals surface area contributed by atoms with Gasteiger partial charge in [0, 0.05) is 6.04 Å². The van der Waals surface area contributed by atoms with Gasteiger partial charge in [-0.15, -0.1) is 0 Å². The summed E-state index contributed by atoms with van der Waals surface area (Å²) in [4.78, 5) is 0. The monoisotopic (exact) mass is 220 g/mol. The number of para-hydroxylation sites is 1. The van der Waals surface area contributed by atoms with Gasteiger partial charge in [0.2, 0.25) is 9.04 Å². The Morgan fingerprint density at radius 2 is 1.93 bits per heavy atom. The highest BCUT2D eigenvalue weighted by molar-refractivity contribution is 6.51. The average molecular weight is 220 g/mol. The van der Waals surface area contributed by atoms with Crippen LogP contribution in [0.4, 0.5) is 0 Å². The third-order valence-electron chi connectivity index (χ3n) is 3.20. The first-order valence-electron chi connectivity index (χ1n) is 6.00. The van der Waals surface area contributed by atoms with Crippen LogP contribution in [0.1, 0.15) is 31.7 Å². The highest BCUT2D eigenvalue weighted by Crippen LogP contribution is 2.25. The van der Waals surface area contributed by atoms with E-state index in [-0.39, 0.29) is 0 Å². The molecule has 1 unspecified atom stereocenters. The number of hydrogen-bond acceptors (Lipinski definition) is 1. The molecule has 0 amide bonds. The Morgan fingerprint density at radius 3 is 2.47 bits per heavy atom. The summed E-state index contributed by atoms with van der Waals surface area (Å²) in [5, 5.41) is 0. The number of benzene rings is 1. The maximum atomic E-state index is 5.65. The lowest BCUT2D eigenvalue weighted by Crippen LogP contribution is -2.12. The molecular formula is C13H20OSi. The van der Waals surface area contributed by atoms with E-state index >= 15 is 0 Å². The number of hydrogen-bond donors (Lipinski definition) is 0. The zero-order chi connectivity index (χ0) is 10.7. The molecule has 15 heavy (non-hydrogen) atoms. The molecule has 3 rings (SSSR count). The van der Waals surface area contributed by atoms with Crippen LogP contribution in [-0.4, -0.2) is 9.04 Å². The summed E-state index contributed by atoms with van der Waals surface area (Å²) in [6.07, 6.45) is 4.46. The van der Waals surface area contributed by atoms with Gasteiger partial charge in [-0.05, 0) is 24.1 Å². The van der Waals surface area contributed by atoms with E-state index in [1.54, 1.807) is 0 Å². The van der Waals surface area contributed by atoms with Crippen molar-refractivity contribution < 1.29 is 4.43 Å². The van der Waals surface area contributed by atoms with Gasteiger partial charge in [0.1, 0.15) is 5.75 Å². The molecule has 1 nitrogen and oxygen atoms in total. The van der Waals surface area contributed by atoms with Crippen molar-refractivity contribution in [3.63, 3.8) is 0 Å². The SMILES string of the molecule is CC1CCC1.C[SiH]1Cc2ccccc2O1. The minimum Gasteiger partial charge on any atom is -0.546 e. The minimum absolute atomic E-state index is 0.837. The van der Waals surface area contributed by atoms with Gasteiger partial charge in [-0.1, -0.05) is 44.4 Å². The van der Waals surface area contributed by atoms with Crippen molar-refractivity contribution in [3.05, 3.63) is 29.8 Å². The van der Waals surface area contributed by atoms with E-state index in [9.17, 15) is 0 Å². The van der Waals surface area contributed by atoms with Crippen molar-refractivity contribution in [2.45, 2.75) is 38.8 Å². The van der Waals surface area contributed by atoms with E-state index in [1.807, 2.05) is 6.07 Å². The minimum atomic E-state index is -0.837. The number of fused-ring (bicyclic) bond motifs is 1. The Kier molecular flexibility index (Phi) is 3.47. The lowest BCUT2D eigenvalue weighted by molar-refractivity contribution is 0.346. The van der Waals surface area contributed by atoms with Gasteiger partial charge in [0.15, 0.2) is 0 Å². The molecule has 1 saturated carbocycles. The molecule has 1 aromatic rings. The van der Waals surface area contributed by atoms with Crippen LogP contribution >= 0.6 is 0 Å². The lowest BCUT2D eigenvalue weighted by Gasteiger charge is -2.18. The standard InChI is InChI=1S/C8H10OSi.C5H10/c1-10-6-7-4-2-3-5-8(7)9-10;1-5-3-2-4-5/h2-5,10H,6H2,1H3;5H,2-4H2,1H3. The fourth-order valence-electron chi connectivity index (χ4n) is 1.97. The molecule has 2 heteroatoms. The van der Waals surface area contributed by atoms with Gasteiger partial charge in [-0.2, -0.15) is 0 Å². The Balaban J connectivity index is 0.000000144. The van der Waals surface area contributed by atoms with Crippen LogP contribution in [0.25, 0.3) is 0 Å². The summed E-state index contributed by atoms with van der Waals surface area (Å²) in [5.74, 6) is 2.19. The maximum Gasteiger partial charge on any atom is 0.236 e. The van der Waals surface area contributed by atoms with Crippen LogP contribution in [0, 0.1) is 5.92 Å². The quantitative estimate of drug-likeness (QED) is 0.609. The van der Waals surface area contributed by atoms with Gasteiger partial charge < -0.3 is 4.43 Å². The highest BCUT2D eigenvalue weighted by Gasteiger charge is 2.18. The Morgan fingerprint density at radius 1 is 1.27 bits per heavy atom. The summed E-state index contributed by atoms with van der Waals surface area (Å²) < 4.78 is 5.65. The molecule has 0 aromatic heterocycles. The number of rotatable bonds is 0. The topological polar surface area (TPSA) is 9.23 Å². The van der Waals surface area contributed by atoms with Crippen LogP contribution < -0.4 is 4.43 Å². The zero-order valence-electron chi connectivity index (χ0n) is 9.70. The van der Waals surface area contributed by atoms with E-state index in [0.717, 1.165) is 11.7 Å². The van der Waals surface area contributed by atoms with Gasteiger partial charge in [-0.25, -0.2) is 0 Å². The first kappa shape index (κ1) is 10.7. The molecule has 2 aliphatic rings. The van der Waals surface area contributed by atoms with Crippen molar-refractivity contribution in [1.29, 1.82) is 0 Å². The summed E-state index contributed by atoms with van der Waals surface area (Å²) in [7, 11) is -0.837. The predicted molar refractivity (Wildman–Crippen MR) is 66.8 cm³/mol. The molecule has 0 bridgehead atoms. The zero-order valence-corrected chi connectivity index (χ0v) is 10.9. The molecule has 0 radical (unpaired) electrons. The molecular weight excluding hydrogens is 200 g/mol. The van der Waals surface area contributed by atoms with Crippen LogP contribution in [0.15, 0.2) is 24.3 Å². The molecule has 0 saturated heterocycles. The van der Waals surface area contributed by atoms with Crippen LogP contribution in [0.2, 0.25) is 6.55 Å². The third kappa shape index (κ3) is 2.85. The molecule has 1 aliphatic carbocycles. The Labute approximate surface area is 94.2 Å². The normalized spacial score (nSPS) is 23.2. The van der Waals surface area contributed by atoms with Crippen molar-refractivity contribution in [2.24, 2.45) is 5.92 Å². The first-order chi connectivity index (χ1) is 7.25. The average Bonchev–Trinajstić information content (AvgIpc) is 2.55. The van der Waals surface area contributed by atoms with Crippen molar-refractivity contribution in [2.75, 3.05) is 0 Å². The smallest absolute Gasteiger partial charge is 0.236 e. The predicted octanol–water partition coefficient (Wildman–Crippen LogP) is 3.32. The van der Waals surface area contributed by atoms with E-state index in [1.165, 1.54) is 30.9 Å².